The number of likely N-dealkylation sites (tertiary alicyclic amines) is 1. The van der Waals surface area contributed by atoms with Gasteiger partial charge in [-0.25, -0.2) is 9.59 Å². The van der Waals surface area contributed by atoms with E-state index in [2.05, 4.69) is 5.32 Å². The van der Waals surface area contributed by atoms with Crippen molar-refractivity contribution in [1.82, 2.24) is 14.8 Å². The Morgan fingerprint density at radius 3 is 2.59 bits per heavy atom. The maximum atomic E-state index is 12.3. The van der Waals surface area contributed by atoms with Crippen LogP contribution in [-0.2, 0) is 16.1 Å². The van der Waals surface area contributed by atoms with Crippen molar-refractivity contribution in [2.75, 3.05) is 19.7 Å². The van der Waals surface area contributed by atoms with Gasteiger partial charge in [-0.15, -0.1) is 0 Å². The molecule has 1 saturated heterocycles. The maximum absolute atomic E-state index is 12.3. The molecule has 1 aromatic carbocycles. The van der Waals surface area contributed by atoms with Crippen LogP contribution < -0.4 is 11.1 Å². The van der Waals surface area contributed by atoms with Gasteiger partial charge in [0.25, 0.3) is 0 Å². The molecule has 0 bridgehead atoms. The van der Waals surface area contributed by atoms with Crippen LogP contribution in [0.2, 0.25) is 0 Å². The Kier molecular flexibility index (Phi) is 5.95. The van der Waals surface area contributed by atoms with Gasteiger partial charge in [0.05, 0.1) is 12.8 Å². The predicted molar refractivity (Wildman–Crippen MR) is 98.2 cm³/mol. The van der Waals surface area contributed by atoms with Crippen LogP contribution in [0.3, 0.4) is 0 Å². The van der Waals surface area contributed by atoms with Crippen LogP contribution in [0.5, 0.6) is 0 Å². The molecule has 8 heteroatoms. The summed E-state index contributed by atoms with van der Waals surface area (Å²) in [6, 6.07) is 9.21. The third-order valence-corrected chi connectivity index (χ3v) is 4.46. The quantitative estimate of drug-likeness (QED) is 0.863. The first-order valence-corrected chi connectivity index (χ1v) is 9.03. The highest BCUT2D eigenvalue weighted by atomic mass is 16.6. The van der Waals surface area contributed by atoms with E-state index in [1.54, 1.807) is 18.0 Å². The average Bonchev–Trinajstić information content (AvgIpc) is 3.03. The van der Waals surface area contributed by atoms with Gasteiger partial charge in [-0.05, 0) is 19.8 Å². The summed E-state index contributed by atoms with van der Waals surface area (Å²) in [7, 11) is 0. The normalized spacial score (nSPS) is 14.8. The number of carbonyl (C=O) groups excluding carboxylic acids is 2. The molecule has 0 radical (unpaired) electrons. The number of amides is 2. The topological polar surface area (TPSA) is 93.8 Å². The van der Waals surface area contributed by atoms with Crippen LogP contribution in [0.25, 0.3) is 11.3 Å². The number of aromatic nitrogens is 1. The Morgan fingerprint density at radius 2 is 1.93 bits per heavy atom. The predicted octanol–water partition coefficient (Wildman–Crippen LogP) is 1.85. The fourth-order valence-electron chi connectivity index (χ4n) is 3.07. The van der Waals surface area contributed by atoms with E-state index in [0.717, 1.165) is 5.56 Å². The van der Waals surface area contributed by atoms with Crippen LogP contribution in [0.15, 0.2) is 45.7 Å². The molecule has 0 saturated carbocycles. The standard InChI is InChI=1S/C19H23N3O5/c1-2-26-18(24)21-10-8-15(9-11-21)20-17(23)13-22-12-16(27-19(22)25)14-6-4-3-5-7-14/h3-7,12,15H,2,8-11,13H2,1H3,(H,20,23). The Balaban J connectivity index is 1.53. The SMILES string of the molecule is CCOC(=O)N1CCC(NC(=O)Cn2cc(-c3ccccc3)oc2=O)CC1. The summed E-state index contributed by atoms with van der Waals surface area (Å²) in [5, 5.41) is 2.92. The number of ether oxygens (including phenoxy) is 1. The van der Waals surface area contributed by atoms with E-state index in [4.69, 9.17) is 9.15 Å². The molecule has 8 nitrogen and oxygen atoms in total. The van der Waals surface area contributed by atoms with Crippen LogP contribution in [-0.4, -0.2) is 47.2 Å². The lowest BCUT2D eigenvalue weighted by atomic mass is 10.1. The van der Waals surface area contributed by atoms with Gasteiger partial charge in [-0.1, -0.05) is 30.3 Å². The molecule has 0 atom stereocenters. The molecule has 1 N–H and O–H groups in total. The minimum Gasteiger partial charge on any atom is -0.450 e. The number of oxazole rings is 1. The minimum atomic E-state index is -0.568. The molecule has 1 aliphatic rings. The molecule has 1 fully saturated rings. The van der Waals surface area contributed by atoms with Crippen molar-refractivity contribution in [3.05, 3.63) is 47.1 Å². The van der Waals surface area contributed by atoms with E-state index in [0.29, 0.717) is 38.3 Å². The molecule has 144 valence electrons. The summed E-state index contributed by atoms with van der Waals surface area (Å²) in [5.74, 6) is -0.399. The third kappa shape index (κ3) is 4.78. The smallest absolute Gasteiger partial charge is 0.419 e. The summed E-state index contributed by atoms with van der Waals surface area (Å²) in [5.41, 5.74) is 0.778. The van der Waals surface area contributed by atoms with Crippen LogP contribution in [0, 0.1) is 0 Å². The molecule has 0 spiro atoms. The minimum absolute atomic E-state index is 0.0284. The van der Waals surface area contributed by atoms with Gasteiger partial charge < -0.3 is 19.4 Å². The monoisotopic (exact) mass is 373 g/mol. The van der Waals surface area contributed by atoms with Crippen molar-refractivity contribution in [2.24, 2.45) is 0 Å². The van der Waals surface area contributed by atoms with Gasteiger partial charge in [0.1, 0.15) is 6.54 Å². The van der Waals surface area contributed by atoms with Crippen LogP contribution >= 0.6 is 0 Å². The number of benzene rings is 1. The molecule has 27 heavy (non-hydrogen) atoms. The number of nitrogens with one attached hydrogen (secondary N) is 1. The zero-order valence-electron chi connectivity index (χ0n) is 15.2. The molecule has 0 aliphatic carbocycles. The molecular weight excluding hydrogens is 350 g/mol. The van der Waals surface area contributed by atoms with Crippen LogP contribution in [0.4, 0.5) is 4.79 Å². The number of piperidine rings is 1. The van der Waals surface area contributed by atoms with E-state index in [1.807, 2.05) is 30.3 Å². The zero-order valence-corrected chi connectivity index (χ0v) is 15.2. The van der Waals surface area contributed by atoms with Crippen molar-refractivity contribution in [2.45, 2.75) is 32.4 Å². The second-order valence-corrected chi connectivity index (χ2v) is 6.38. The summed E-state index contributed by atoms with van der Waals surface area (Å²) >= 11 is 0. The first-order valence-electron chi connectivity index (χ1n) is 9.03. The van der Waals surface area contributed by atoms with Crippen molar-refractivity contribution < 1.29 is 18.7 Å². The fourth-order valence-corrected chi connectivity index (χ4v) is 3.07. The van der Waals surface area contributed by atoms with Gasteiger partial charge in [-0.3, -0.25) is 9.36 Å². The van der Waals surface area contributed by atoms with Crippen molar-refractivity contribution >= 4 is 12.0 Å². The van der Waals surface area contributed by atoms with E-state index >= 15 is 0 Å². The third-order valence-electron chi connectivity index (χ3n) is 4.46. The second kappa shape index (κ2) is 8.57. The van der Waals surface area contributed by atoms with Gasteiger partial charge in [0, 0.05) is 24.7 Å². The highest BCUT2D eigenvalue weighted by Gasteiger charge is 2.24. The largest absolute Gasteiger partial charge is 0.450 e. The summed E-state index contributed by atoms with van der Waals surface area (Å²) in [4.78, 5) is 37.6. The van der Waals surface area contributed by atoms with E-state index < -0.39 is 5.76 Å². The number of carbonyl (C=O) groups is 2. The fraction of sp³-hybridized carbons (Fsp3) is 0.421. The molecule has 2 heterocycles. The van der Waals surface area contributed by atoms with Crippen molar-refractivity contribution in [3.63, 3.8) is 0 Å². The van der Waals surface area contributed by atoms with Gasteiger partial charge in [-0.2, -0.15) is 0 Å². The first-order chi connectivity index (χ1) is 13.1. The lowest BCUT2D eigenvalue weighted by Gasteiger charge is -2.31. The summed E-state index contributed by atoms with van der Waals surface area (Å²) < 4.78 is 11.5. The highest BCUT2D eigenvalue weighted by molar-refractivity contribution is 5.76. The molecular formula is C19H23N3O5. The first kappa shape index (κ1) is 18.8. The lowest BCUT2D eigenvalue weighted by molar-refractivity contribution is -0.122. The summed E-state index contributed by atoms with van der Waals surface area (Å²) in [6.07, 6.45) is 2.53. The average molecular weight is 373 g/mol. The molecule has 2 amide bonds. The van der Waals surface area contributed by atoms with E-state index in [-0.39, 0.29) is 24.6 Å². The maximum Gasteiger partial charge on any atom is 0.419 e. The number of hydrogen-bond acceptors (Lipinski definition) is 5. The molecule has 0 unspecified atom stereocenters. The molecule has 1 aliphatic heterocycles. The number of hydrogen-bond donors (Lipinski definition) is 1. The van der Waals surface area contributed by atoms with Crippen LogP contribution in [0.1, 0.15) is 19.8 Å². The highest BCUT2D eigenvalue weighted by Crippen LogP contribution is 2.17. The number of nitrogens with zero attached hydrogens (tertiary/aromatic N) is 2. The lowest BCUT2D eigenvalue weighted by Crippen LogP contribution is -2.47. The second-order valence-electron chi connectivity index (χ2n) is 6.38. The molecule has 3 rings (SSSR count). The number of rotatable bonds is 5. The van der Waals surface area contributed by atoms with E-state index in [1.165, 1.54) is 4.57 Å². The van der Waals surface area contributed by atoms with E-state index in [9.17, 15) is 14.4 Å². The van der Waals surface area contributed by atoms with Crippen molar-refractivity contribution in [3.8, 4) is 11.3 Å². The Bertz CT molecular complexity index is 835. The van der Waals surface area contributed by atoms with Gasteiger partial charge >= 0.3 is 11.8 Å². The molecule has 1 aromatic heterocycles. The van der Waals surface area contributed by atoms with Gasteiger partial charge in [0.15, 0.2) is 5.76 Å². The summed E-state index contributed by atoms with van der Waals surface area (Å²) in [6.45, 7) is 3.08. The Morgan fingerprint density at radius 1 is 1.22 bits per heavy atom. The Hall–Kier alpha value is -3.03. The Labute approximate surface area is 156 Å². The van der Waals surface area contributed by atoms with Crippen molar-refractivity contribution in [1.29, 1.82) is 0 Å². The molecule has 2 aromatic rings. The van der Waals surface area contributed by atoms with Gasteiger partial charge in [0.2, 0.25) is 5.91 Å². The zero-order chi connectivity index (χ0) is 19.2.